The minimum Gasteiger partial charge on any atom is -0.341 e. The van der Waals surface area contributed by atoms with E-state index < -0.39 is 0 Å². The lowest BCUT2D eigenvalue weighted by atomic mass is 9.79. The zero-order valence-corrected chi connectivity index (χ0v) is 11.8. The average Bonchev–Trinajstić information content (AvgIpc) is 3.22. The fraction of sp³-hybridized carbons (Fsp3) is 0.786. The second-order valence-electron chi connectivity index (χ2n) is 6.85. The fourth-order valence-corrected chi connectivity index (χ4v) is 4.90. The molecule has 3 heterocycles. The molecule has 7 nitrogen and oxygen atoms in total. The maximum atomic E-state index is 12.2. The van der Waals surface area contributed by atoms with Crippen LogP contribution in [0.5, 0.6) is 0 Å². The first kappa shape index (κ1) is 12.0. The van der Waals surface area contributed by atoms with Crippen LogP contribution in [-0.4, -0.2) is 42.2 Å². The Kier molecular flexibility index (Phi) is 2.26. The van der Waals surface area contributed by atoms with Gasteiger partial charge in [-0.2, -0.15) is 4.98 Å². The molecular formula is C14H19N5O2. The van der Waals surface area contributed by atoms with Crippen LogP contribution in [0.1, 0.15) is 25.2 Å². The van der Waals surface area contributed by atoms with Crippen molar-refractivity contribution in [3.8, 4) is 0 Å². The van der Waals surface area contributed by atoms with E-state index in [1.54, 1.807) is 0 Å². The number of amides is 1. The van der Waals surface area contributed by atoms with Gasteiger partial charge in [-0.15, -0.1) is 0 Å². The molecule has 2 aliphatic heterocycles. The highest BCUT2D eigenvalue weighted by Gasteiger charge is 2.66. The Labute approximate surface area is 122 Å². The van der Waals surface area contributed by atoms with E-state index in [1.165, 1.54) is 0 Å². The number of carbonyl (C=O) groups is 1. The van der Waals surface area contributed by atoms with Crippen molar-refractivity contribution >= 4 is 11.9 Å². The minimum absolute atomic E-state index is 0.165. The molecule has 21 heavy (non-hydrogen) atoms. The van der Waals surface area contributed by atoms with Crippen molar-refractivity contribution in [3.05, 3.63) is 5.89 Å². The highest BCUT2D eigenvalue weighted by Crippen LogP contribution is 2.61. The van der Waals surface area contributed by atoms with E-state index >= 15 is 0 Å². The Morgan fingerprint density at radius 3 is 2.95 bits per heavy atom. The van der Waals surface area contributed by atoms with Crippen LogP contribution in [0.3, 0.4) is 0 Å². The Morgan fingerprint density at radius 2 is 2.14 bits per heavy atom. The van der Waals surface area contributed by atoms with Gasteiger partial charge in [0.05, 0.1) is 0 Å². The molecule has 112 valence electrons. The van der Waals surface area contributed by atoms with Crippen LogP contribution in [0.15, 0.2) is 4.52 Å². The SMILES string of the molecule is O=C1NC2(c3nc(N4CCNCC4)no3)CC3CC1C2C3. The smallest absolute Gasteiger partial charge is 0.266 e. The molecule has 0 radical (unpaired) electrons. The molecule has 7 heteroatoms. The average molecular weight is 289 g/mol. The van der Waals surface area contributed by atoms with E-state index in [9.17, 15) is 4.79 Å². The van der Waals surface area contributed by atoms with Crippen molar-refractivity contribution in [1.29, 1.82) is 0 Å². The lowest BCUT2D eigenvalue weighted by molar-refractivity contribution is -0.122. The molecule has 2 N–H and O–H groups in total. The van der Waals surface area contributed by atoms with Gasteiger partial charge in [-0.25, -0.2) is 0 Å². The molecule has 2 aliphatic carbocycles. The van der Waals surface area contributed by atoms with Gasteiger partial charge in [-0.3, -0.25) is 4.79 Å². The number of nitrogens with zero attached hydrogens (tertiary/aromatic N) is 3. The van der Waals surface area contributed by atoms with Crippen molar-refractivity contribution < 1.29 is 9.32 Å². The number of piperazine rings is 1. The van der Waals surface area contributed by atoms with Gasteiger partial charge in [0.2, 0.25) is 5.91 Å². The van der Waals surface area contributed by atoms with Gasteiger partial charge in [0.1, 0.15) is 5.54 Å². The summed E-state index contributed by atoms with van der Waals surface area (Å²) in [6.07, 6.45) is 3.12. The summed E-state index contributed by atoms with van der Waals surface area (Å²) in [6.45, 7) is 3.68. The molecule has 2 saturated carbocycles. The van der Waals surface area contributed by atoms with Crippen molar-refractivity contribution in [3.63, 3.8) is 0 Å². The molecule has 5 rings (SSSR count). The van der Waals surface area contributed by atoms with Crippen LogP contribution in [0.25, 0.3) is 0 Å². The second kappa shape index (κ2) is 3.97. The van der Waals surface area contributed by atoms with E-state index in [1.807, 2.05) is 0 Å². The van der Waals surface area contributed by atoms with Gasteiger partial charge < -0.3 is 20.1 Å². The summed E-state index contributed by atoms with van der Waals surface area (Å²) < 4.78 is 5.59. The van der Waals surface area contributed by atoms with Crippen molar-refractivity contribution in [1.82, 2.24) is 20.8 Å². The number of hydrogen-bond acceptors (Lipinski definition) is 6. The molecule has 4 atom stereocenters. The van der Waals surface area contributed by atoms with E-state index in [4.69, 9.17) is 4.52 Å². The third-order valence-corrected chi connectivity index (χ3v) is 5.78. The third kappa shape index (κ3) is 1.50. The molecule has 1 amide bonds. The zero-order chi connectivity index (χ0) is 14.0. The van der Waals surface area contributed by atoms with E-state index in [-0.39, 0.29) is 17.4 Å². The first-order valence-electron chi connectivity index (χ1n) is 7.88. The number of fused-ring (bicyclic) bond motifs is 1. The lowest BCUT2D eigenvalue weighted by Gasteiger charge is -2.28. The van der Waals surface area contributed by atoms with Crippen LogP contribution in [0.2, 0.25) is 0 Å². The molecule has 1 aromatic rings. The fourth-order valence-electron chi connectivity index (χ4n) is 4.90. The standard InChI is InChI=1S/C14H19N5O2/c20-11-9-5-8-6-10(9)14(7-8,17-11)12-16-13(18-21-12)19-3-1-15-2-4-19/h8-10,15H,1-7H2,(H,17,20). The Hall–Kier alpha value is -1.63. The van der Waals surface area contributed by atoms with Gasteiger partial charge >= 0.3 is 0 Å². The summed E-state index contributed by atoms with van der Waals surface area (Å²) in [7, 11) is 0. The summed E-state index contributed by atoms with van der Waals surface area (Å²) in [6, 6.07) is 0. The van der Waals surface area contributed by atoms with Crippen LogP contribution < -0.4 is 15.5 Å². The number of carbonyl (C=O) groups excluding carboxylic acids is 1. The number of nitrogens with one attached hydrogen (secondary N) is 2. The predicted molar refractivity (Wildman–Crippen MR) is 73.5 cm³/mol. The molecule has 4 aliphatic rings. The monoisotopic (exact) mass is 289 g/mol. The maximum Gasteiger partial charge on any atom is 0.266 e. The van der Waals surface area contributed by atoms with Crippen LogP contribution in [0.4, 0.5) is 5.95 Å². The number of anilines is 1. The molecule has 2 bridgehead atoms. The van der Waals surface area contributed by atoms with Gasteiger partial charge in [-0.1, -0.05) is 0 Å². The second-order valence-corrected chi connectivity index (χ2v) is 6.85. The van der Waals surface area contributed by atoms with Gasteiger partial charge in [0.15, 0.2) is 0 Å². The summed E-state index contributed by atoms with van der Waals surface area (Å²) in [5.74, 6) is 2.63. The molecule has 0 spiro atoms. The van der Waals surface area contributed by atoms with E-state index in [0.29, 0.717) is 23.7 Å². The largest absolute Gasteiger partial charge is 0.341 e. The molecule has 1 aromatic heterocycles. The van der Waals surface area contributed by atoms with Gasteiger partial charge in [0, 0.05) is 38.0 Å². The lowest BCUT2D eigenvalue weighted by Crippen LogP contribution is -2.44. The first-order chi connectivity index (χ1) is 10.3. The Morgan fingerprint density at radius 1 is 1.29 bits per heavy atom. The third-order valence-electron chi connectivity index (χ3n) is 5.78. The highest BCUT2D eigenvalue weighted by molar-refractivity contribution is 5.84. The topological polar surface area (TPSA) is 83.3 Å². The predicted octanol–water partition coefficient (Wildman–Crippen LogP) is -0.150. The molecule has 2 saturated heterocycles. The zero-order valence-electron chi connectivity index (χ0n) is 11.8. The maximum absolute atomic E-state index is 12.2. The summed E-state index contributed by atoms with van der Waals surface area (Å²) in [5.41, 5.74) is -0.371. The molecule has 4 unspecified atom stereocenters. The summed E-state index contributed by atoms with van der Waals surface area (Å²) in [5, 5.41) is 10.7. The van der Waals surface area contributed by atoms with Crippen LogP contribution in [0, 0.1) is 17.8 Å². The van der Waals surface area contributed by atoms with E-state index in [2.05, 4.69) is 25.7 Å². The summed E-state index contributed by atoms with van der Waals surface area (Å²) >= 11 is 0. The van der Waals surface area contributed by atoms with Gasteiger partial charge in [0.25, 0.3) is 11.8 Å². The Bertz CT molecular complexity index is 596. The molecular weight excluding hydrogens is 270 g/mol. The van der Waals surface area contributed by atoms with Crippen LogP contribution >= 0.6 is 0 Å². The number of rotatable bonds is 2. The van der Waals surface area contributed by atoms with Gasteiger partial charge in [-0.05, 0) is 30.3 Å². The summed E-state index contributed by atoms with van der Waals surface area (Å²) in [4.78, 5) is 18.9. The first-order valence-corrected chi connectivity index (χ1v) is 7.88. The molecule has 4 fully saturated rings. The van der Waals surface area contributed by atoms with Crippen LogP contribution in [-0.2, 0) is 10.3 Å². The van der Waals surface area contributed by atoms with Crippen molar-refractivity contribution in [2.45, 2.75) is 24.8 Å². The minimum atomic E-state index is -0.371. The normalized spacial score (nSPS) is 40.9. The molecule has 0 aromatic carbocycles. The quantitative estimate of drug-likeness (QED) is 0.788. The van der Waals surface area contributed by atoms with Crippen molar-refractivity contribution in [2.75, 3.05) is 31.1 Å². The number of aromatic nitrogens is 2. The number of hydrogen-bond donors (Lipinski definition) is 2. The van der Waals surface area contributed by atoms with Crippen molar-refractivity contribution in [2.24, 2.45) is 17.8 Å². The van der Waals surface area contributed by atoms with E-state index in [0.717, 1.165) is 45.4 Å². The highest BCUT2D eigenvalue weighted by atomic mass is 16.5. The Balaban J connectivity index is 1.48.